The number of hydrogen-bond acceptors (Lipinski definition) is 5. The van der Waals surface area contributed by atoms with Crippen LogP contribution in [0.25, 0.3) is 10.8 Å². The molecule has 3 heterocycles. The Labute approximate surface area is 234 Å². The van der Waals surface area contributed by atoms with Gasteiger partial charge in [-0.05, 0) is 74.9 Å². The number of nitrogens with one attached hydrogen (secondary N) is 1. The molecule has 0 bridgehead atoms. The Morgan fingerprint density at radius 2 is 1.82 bits per heavy atom. The van der Waals surface area contributed by atoms with Crippen molar-refractivity contribution in [2.45, 2.75) is 43.0 Å². The molecule has 3 aliphatic rings. The van der Waals surface area contributed by atoms with Crippen molar-refractivity contribution in [3.63, 3.8) is 0 Å². The minimum atomic E-state index is -1.32. The van der Waals surface area contributed by atoms with Crippen molar-refractivity contribution in [1.29, 1.82) is 0 Å². The molecule has 0 unspecified atom stereocenters. The Morgan fingerprint density at radius 1 is 1.03 bits per heavy atom. The van der Waals surface area contributed by atoms with Gasteiger partial charge in [-0.3, -0.25) is 19.8 Å². The molecular weight excluding hydrogens is 558 g/mol. The Balaban J connectivity index is 1.22. The van der Waals surface area contributed by atoms with Crippen LogP contribution in [0.4, 0.5) is 5.69 Å². The maximum Gasteiger partial charge on any atom is 0.256 e. The Bertz CT molecular complexity index is 1640. The zero-order chi connectivity index (χ0) is 26.7. The van der Waals surface area contributed by atoms with E-state index < -0.39 is 17.5 Å². The average molecular weight is 584 g/mol. The SMILES string of the molecule is O=C1Nc2ccccc2[C@]12[C@H]([N+](=O)[O-])[C@@H](c1ccc(OCc3ccc4ccccc4c3)c(Br)c1)[C@H]1CCCN12. The van der Waals surface area contributed by atoms with Gasteiger partial charge in [0.15, 0.2) is 5.54 Å². The van der Waals surface area contributed by atoms with Gasteiger partial charge in [0.05, 0.1) is 10.4 Å². The molecule has 0 aliphatic carbocycles. The highest BCUT2D eigenvalue weighted by atomic mass is 79.9. The van der Waals surface area contributed by atoms with E-state index in [2.05, 4.69) is 56.5 Å². The maximum absolute atomic E-state index is 13.6. The zero-order valence-electron chi connectivity index (χ0n) is 21.0. The molecule has 1 spiro atoms. The summed E-state index contributed by atoms with van der Waals surface area (Å²) in [7, 11) is 0. The van der Waals surface area contributed by atoms with Crippen LogP contribution in [0.2, 0.25) is 0 Å². The number of rotatable bonds is 5. The van der Waals surface area contributed by atoms with Crippen LogP contribution in [-0.4, -0.2) is 34.4 Å². The molecule has 8 heteroatoms. The Morgan fingerprint density at radius 3 is 2.64 bits per heavy atom. The third kappa shape index (κ3) is 3.62. The normalized spacial score (nSPS) is 25.6. The van der Waals surface area contributed by atoms with Gasteiger partial charge in [0.1, 0.15) is 12.4 Å². The van der Waals surface area contributed by atoms with E-state index in [1.165, 1.54) is 5.39 Å². The van der Waals surface area contributed by atoms with Crippen LogP contribution in [0.15, 0.2) is 89.4 Å². The quantitative estimate of drug-likeness (QED) is 0.222. The minimum absolute atomic E-state index is 0.103. The number of hydrogen-bond donors (Lipinski definition) is 1. The summed E-state index contributed by atoms with van der Waals surface area (Å²) in [4.78, 5) is 28.3. The molecule has 1 N–H and O–H groups in total. The van der Waals surface area contributed by atoms with E-state index in [1.807, 2.05) is 54.6 Å². The fourth-order valence-electron chi connectivity index (χ4n) is 7.11. The second-order valence-electron chi connectivity index (χ2n) is 10.6. The molecular formula is C31H26BrN3O4. The van der Waals surface area contributed by atoms with Crippen LogP contribution in [0.3, 0.4) is 0 Å². The summed E-state index contributed by atoms with van der Waals surface area (Å²) in [5.41, 5.74) is 1.96. The topological polar surface area (TPSA) is 84.7 Å². The van der Waals surface area contributed by atoms with Crippen LogP contribution in [0.1, 0.15) is 35.4 Å². The number of nitrogens with zero attached hydrogens (tertiary/aromatic N) is 2. The van der Waals surface area contributed by atoms with Crippen LogP contribution >= 0.6 is 15.9 Å². The number of benzene rings is 4. The summed E-state index contributed by atoms with van der Waals surface area (Å²) < 4.78 is 6.89. The lowest BCUT2D eigenvalue weighted by Gasteiger charge is -2.32. The molecule has 0 aromatic heterocycles. The van der Waals surface area contributed by atoms with Gasteiger partial charge in [0.25, 0.3) is 11.9 Å². The summed E-state index contributed by atoms with van der Waals surface area (Å²) in [6.07, 6.45) is 1.71. The first-order valence-electron chi connectivity index (χ1n) is 13.2. The van der Waals surface area contributed by atoms with E-state index in [4.69, 9.17) is 4.74 Å². The van der Waals surface area contributed by atoms with Crippen LogP contribution < -0.4 is 10.1 Å². The van der Waals surface area contributed by atoms with Crippen molar-refractivity contribution in [3.8, 4) is 5.75 Å². The number of carbonyl (C=O) groups is 1. The van der Waals surface area contributed by atoms with E-state index in [0.29, 0.717) is 30.2 Å². The van der Waals surface area contributed by atoms with Crippen molar-refractivity contribution in [1.82, 2.24) is 4.90 Å². The monoisotopic (exact) mass is 583 g/mol. The molecule has 0 radical (unpaired) electrons. The zero-order valence-corrected chi connectivity index (χ0v) is 22.6. The van der Waals surface area contributed by atoms with E-state index in [0.717, 1.165) is 33.8 Å². The number of nitro groups is 1. The van der Waals surface area contributed by atoms with Crippen molar-refractivity contribution in [2.75, 3.05) is 11.9 Å². The molecule has 3 aliphatic heterocycles. The van der Waals surface area contributed by atoms with E-state index in [-0.39, 0.29) is 16.9 Å². The number of carbonyl (C=O) groups excluding carboxylic acids is 1. The largest absolute Gasteiger partial charge is 0.488 e. The van der Waals surface area contributed by atoms with E-state index >= 15 is 0 Å². The second kappa shape index (κ2) is 9.17. The Hall–Kier alpha value is -3.75. The second-order valence-corrected chi connectivity index (χ2v) is 11.4. The smallest absolute Gasteiger partial charge is 0.256 e. The van der Waals surface area contributed by atoms with Gasteiger partial charge in [-0.2, -0.15) is 0 Å². The number of para-hydroxylation sites is 1. The average Bonchev–Trinajstić information content (AvgIpc) is 3.61. The van der Waals surface area contributed by atoms with Crippen LogP contribution in [-0.2, 0) is 16.9 Å². The van der Waals surface area contributed by atoms with Gasteiger partial charge in [-0.25, -0.2) is 0 Å². The molecule has 4 aromatic carbocycles. The van der Waals surface area contributed by atoms with Crippen molar-refractivity contribution >= 4 is 38.3 Å². The molecule has 196 valence electrons. The lowest BCUT2D eigenvalue weighted by Crippen LogP contribution is -2.55. The summed E-state index contributed by atoms with van der Waals surface area (Å²) in [6.45, 7) is 1.06. The third-order valence-electron chi connectivity index (χ3n) is 8.64. The van der Waals surface area contributed by atoms with Crippen molar-refractivity contribution in [3.05, 3.63) is 116 Å². The fourth-order valence-corrected chi connectivity index (χ4v) is 7.62. The predicted octanol–water partition coefficient (Wildman–Crippen LogP) is 6.24. The summed E-state index contributed by atoms with van der Waals surface area (Å²) >= 11 is 3.66. The molecule has 4 aromatic rings. The lowest BCUT2D eigenvalue weighted by atomic mass is 9.77. The van der Waals surface area contributed by atoms with Gasteiger partial charge in [-0.15, -0.1) is 0 Å². The first-order chi connectivity index (χ1) is 19.0. The van der Waals surface area contributed by atoms with Gasteiger partial charge in [0.2, 0.25) is 0 Å². The molecule has 4 atom stereocenters. The number of halogens is 1. The van der Waals surface area contributed by atoms with Crippen molar-refractivity contribution in [2.24, 2.45) is 0 Å². The van der Waals surface area contributed by atoms with Crippen LogP contribution in [0.5, 0.6) is 5.75 Å². The van der Waals surface area contributed by atoms with E-state index in [1.54, 1.807) is 0 Å². The molecule has 7 rings (SSSR count). The van der Waals surface area contributed by atoms with Gasteiger partial charge in [0, 0.05) is 28.8 Å². The van der Waals surface area contributed by atoms with Gasteiger partial charge < -0.3 is 10.1 Å². The van der Waals surface area contributed by atoms with Gasteiger partial charge >= 0.3 is 0 Å². The van der Waals surface area contributed by atoms with Gasteiger partial charge in [-0.1, -0.05) is 60.7 Å². The summed E-state index contributed by atoms with van der Waals surface area (Å²) in [6, 6.07) is 26.4. The predicted molar refractivity (Wildman–Crippen MR) is 152 cm³/mol. The third-order valence-corrected chi connectivity index (χ3v) is 9.26. The highest BCUT2D eigenvalue weighted by Gasteiger charge is 2.73. The van der Waals surface area contributed by atoms with E-state index in [9.17, 15) is 14.9 Å². The molecule has 0 saturated carbocycles. The number of amides is 1. The molecule has 39 heavy (non-hydrogen) atoms. The lowest BCUT2D eigenvalue weighted by molar-refractivity contribution is -0.534. The fraction of sp³-hybridized carbons (Fsp3) is 0.258. The standard InChI is InChI=1S/C31H26BrN3O4/c32-24-17-22(13-14-27(24)39-18-19-11-12-20-6-1-2-7-21(20)16-19)28-26-10-5-15-34(26)31(29(28)35(37)38)23-8-3-4-9-25(23)33-30(31)36/h1-4,6-9,11-14,16-17,26,28-29H,5,10,15,18H2,(H,33,36)/t26-,28+,29-,31+/m1/s1. The van der Waals surface area contributed by atoms with Crippen molar-refractivity contribution < 1.29 is 14.5 Å². The minimum Gasteiger partial charge on any atom is -0.488 e. The number of anilines is 1. The Kier molecular flexibility index (Phi) is 5.72. The number of ether oxygens (including phenoxy) is 1. The van der Waals surface area contributed by atoms with Crippen LogP contribution in [0, 0.1) is 10.1 Å². The summed E-state index contributed by atoms with van der Waals surface area (Å²) in [5.74, 6) is -0.0658. The maximum atomic E-state index is 13.6. The molecule has 7 nitrogen and oxygen atoms in total. The number of fused-ring (bicyclic) bond motifs is 5. The molecule has 2 saturated heterocycles. The molecule has 1 amide bonds. The highest BCUT2D eigenvalue weighted by molar-refractivity contribution is 9.10. The highest BCUT2D eigenvalue weighted by Crippen LogP contribution is 2.58. The first kappa shape index (κ1) is 24.3. The summed E-state index contributed by atoms with van der Waals surface area (Å²) in [5, 5.41) is 18.1. The first-order valence-corrected chi connectivity index (χ1v) is 14.0. The molecule has 2 fully saturated rings.